The molecular formula is C27H26ClF4N5O5. The molecule has 1 unspecified atom stereocenters. The Bertz CT molecular complexity index is 1500. The van der Waals surface area contributed by atoms with Gasteiger partial charge in [-0.3, -0.25) is 19.7 Å². The van der Waals surface area contributed by atoms with Crippen LogP contribution in [0, 0.1) is 5.82 Å². The van der Waals surface area contributed by atoms with E-state index in [9.17, 15) is 32.3 Å². The summed E-state index contributed by atoms with van der Waals surface area (Å²) >= 11 is 6.34. The molecule has 2 fully saturated rings. The third-order valence-electron chi connectivity index (χ3n) is 8.34. The number of hydrogen-bond acceptors (Lipinski definition) is 6. The fourth-order valence-electron chi connectivity index (χ4n) is 6.20. The van der Waals surface area contributed by atoms with Crippen LogP contribution in [-0.2, 0) is 46.4 Å². The van der Waals surface area contributed by atoms with Crippen LogP contribution in [0.3, 0.4) is 0 Å². The summed E-state index contributed by atoms with van der Waals surface area (Å²) in [6.45, 7) is -0.474. The summed E-state index contributed by atoms with van der Waals surface area (Å²) in [5, 5.41) is 4.65. The minimum Gasteiger partial charge on any atom is -0.446 e. The monoisotopic (exact) mass is 611 g/mol. The summed E-state index contributed by atoms with van der Waals surface area (Å²) in [6.07, 6.45) is -3.01. The normalized spacial score (nSPS) is 23.7. The molecule has 2 aromatic rings. The van der Waals surface area contributed by atoms with Gasteiger partial charge in [0.25, 0.3) is 5.91 Å². The number of alkyl halides is 3. The van der Waals surface area contributed by atoms with E-state index in [1.54, 1.807) is 0 Å². The molecule has 2 N–H and O–H groups in total. The standard InChI is InChI=1S/C27H26ClF4N5O5/c28-16-7-12(22(29)21-15(16)11-36(24(21)40)19-5-6-20(38)35-23(19)39)10-33-26(41)42-14-8-13(9-14)37-18-4-2-1-3-17(18)34-25(37)27(30,31)32/h7,13-14,19H,1-6,8-11H2,(H,33,41)(H,35,38,39). The Morgan fingerprint density at radius 3 is 2.62 bits per heavy atom. The van der Waals surface area contributed by atoms with Crippen molar-refractivity contribution in [2.75, 3.05) is 0 Å². The molecule has 2 aliphatic carbocycles. The number of rotatable bonds is 5. The van der Waals surface area contributed by atoms with E-state index in [4.69, 9.17) is 16.3 Å². The van der Waals surface area contributed by atoms with E-state index in [0.29, 0.717) is 24.2 Å². The Balaban J connectivity index is 1.08. The van der Waals surface area contributed by atoms with Crippen LogP contribution in [0.4, 0.5) is 22.4 Å². The number of halogens is 5. The first-order chi connectivity index (χ1) is 19.9. The van der Waals surface area contributed by atoms with Gasteiger partial charge in [0.1, 0.15) is 18.0 Å². The lowest BCUT2D eigenvalue weighted by molar-refractivity contribution is -0.149. The van der Waals surface area contributed by atoms with Gasteiger partial charge in [0, 0.05) is 60.2 Å². The van der Waals surface area contributed by atoms with Crippen LogP contribution in [-0.4, -0.2) is 50.4 Å². The quantitative estimate of drug-likeness (QED) is 0.390. The van der Waals surface area contributed by atoms with E-state index < -0.39 is 59.8 Å². The van der Waals surface area contributed by atoms with Gasteiger partial charge in [0.2, 0.25) is 17.6 Å². The summed E-state index contributed by atoms with van der Waals surface area (Å²) in [7, 11) is 0. The summed E-state index contributed by atoms with van der Waals surface area (Å²) in [5.74, 6) is -3.66. The number of nitrogens with one attached hydrogen (secondary N) is 2. The Morgan fingerprint density at radius 1 is 1.17 bits per heavy atom. The van der Waals surface area contributed by atoms with E-state index in [2.05, 4.69) is 15.6 Å². The maximum Gasteiger partial charge on any atom is 0.449 e. The first kappa shape index (κ1) is 28.4. The van der Waals surface area contributed by atoms with E-state index >= 15 is 4.39 Å². The number of amides is 4. The average molecular weight is 612 g/mol. The Kier molecular flexibility index (Phi) is 7.14. The van der Waals surface area contributed by atoms with Crippen LogP contribution in [0.5, 0.6) is 0 Å². The van der Waals surface area contributed by atoms with Crippen molar-refractivity contribution in [2.24, 2.45) is 0 Å². The highest BCUT2D eigenvalue weighted by Gasteiger charge is 2.45. The fourth-order valence-corrected chi connectivity index (χ4v) is 6.49. The third-order valence-corrected chi connectivity index (χ3v) is 8.67. The van der Waals surface area contributed by atoms with Crippen molar-refractivity contribution in [2.45, 2.75) is 88.8 Å². The molecule has 0 radical (unpaired) electrons. The van der Waals surface area contributed by atoms with Gasteiger partial charge in [-0.15, -0.1) is 0 Å². The molecule has 15 heteroatoms. The Hall–Kier alpha value is -3.68. The smallest absolute Gasteiger partial charge is 0.446 e. The molecule has 10 nitrogen and oxygen atoms in total. The zero-order valence-electron chi connectivity index (χ0n) is 22.2. The molecule has 0 spiro atoms. The molecule has 3 heterocycles. The molecule has 42 heavy (non-hydrogen) atoms. The lowest BCUT2D eigenvalue weighted by Crippen LogP contribution is -2.52. The molecule has 4 amide bonds. The fraction of sp³-hybridized carbons (Fsp3) is 0.519. The number of imide groups is 1. The number of carbonyl (C=O) groups excluding carboxylic acids is 4. The van der Waals surface area contributed by atoms with Gasteiger partial charge >= 0.3 is 12.3 Å². The molecule has 2 aliphatic heterocycles. The molecule has 0 bridgehead atoms. The number of aromatic nitrogens is 2. The highest BCUT2D eigenvalue weighted by molar-refractivity contribution is 6.32. The second-order valence-electron chi connectivity index (χ2n) is 11.0. The van der Waals surface area contributed by atoms with E-state index in [1.165, 1.54) is 15.5 Å². The summed E-state index contributed by atoms with van der Waals surface area (Å²) in [6, 6.07) is -0.168. The number of hydrogen-bond donors (Lipinski definition) is 2. The highest BCUT2D eigenvalue weighted by Crippen LogP contribution is 2.42. The molecular weight excluding hydrogens is 586 g/mol. The number of fused-ring (bicyclic) bond motifs is 2. The van der Waals surface area contributed by atoms with Crippen molar-refractivity contribution in [3.8, 4) is 0 Å². The number of imidazole rings is 1. The number of piperidine rings is 1. The van der Waals surface area contributed by atoms with Gasteiger partial charge in [0.15, 0.2) is 0 Å². The molecule has 1 saturated heterocycles. The highest BCUT2D eigenvalue weighted by atomic mass is 35.5. The number of carbonyl (C=O) groups is 4. The van der Waals surface area contributed by atoms with Crippen molar-refractivity contribution in [1.82, 2.24) is 25.1 Å². The minimum absolute atomic E-state index is 0.0414. The molecule has 1 aromatic heterocycles. The van der Waals surface area contributed by atoms with Crippen LogP contribution in [0.25, 0.3) is 0 Å². The van der Waals surface area contributed by atoms with Crippen LogP contribution in [0.15, 0.2) is 6.07 Å². The molecule has 6 rings (SSSR count). The largest absolute Gasteiger partial charge is 0.449 e. The van der Waals surface area contributed by atoms with Crippen LogP contribution in [0.2, 0.25) is 5.02 Å². The second-order valence-corrected chi connectivity index (χ2v) is 11.4. The number of benzene rings is 1. The van der Waals surface area contributed by atoms with Crippen molar-refractivity contribution < 1.29 is 41.5 Å². The van der Waals surface area contributed by atoms with Crippen molar-refractivity contribution in [3.05, 3.63) is 50.8 Å². The van der Waals surface area contributed by atoms with E-state index in [-0.39, 0.29) is 60.5 Å². The number of aryl methyl sites for hydroxylation is 1. The van der Waals surface area contributed by atoms with Gasteiger partial charge in [-0.25, -0.2) is 14.2 Å². The lowest BCUT2D eigenvalue weighted by atomic mass is 9.88. The molecule has 4 aliphatic rings. The SMILES string of the molecule is O=C1CCC(N2Cc3c(Cl)cc(CNC(=O)OC4CC(n5c(C(F)(F)F)nc6c5CCCC6)C4)c(F)c3C2=O)C(=O)N1. The van der Waals surface area contributed by atoms with Gasteiger partial charge in [0.05, 0.1) is 11.3 Å². The average Bonchev–Trinajstić information content (AvgIpc) is 3.46. The molecule has 1 aromatic carbocycles. The van der Waals surface area contributed by atoms with Gasteiger partial charge in [-0.05, 0) is 38.2 Å². The van der Waals surface area contributed by atoms with Crippen LogP contribution < -0.4 is 10.6 Å². The zero-order chi connectivity index (χ0) is 29.9. The topological polar surface area (TPSA) is 123 Å². The van der Waals surface area contributed by atoms with Crippen molar-refractivity contribution in [3.63, 3.8) is 0 Å². The third kappa shape index (κ3) is 4.99. The number of alkyl carbamates (subject to hydrolysis) is 1. The predicted octanol–water partition coefficient (Wildman–Crippen LogP) is 3.96. The minimum atomic E-state index is -4.60. The lowest BCUT2D eigenvalue weighted by Gasteiger charge is -2.37. The zero-order valence-corrected chi connectivity index (χ0v) is 22.9. The molecule has 1 atom stereocenters. The van der Waals surface area contributed by atoms with E-state index in [0.717, 1.165) is 12.8 Å². The van der Waals surface area contributed by atoms with Gasteiger partial charge in [-0.1, -0.05) is 11.6 Å². The number of ether oxygens (including phenoxy) is 1. The van der Waals surface area contributed by atoms with Crippen molar-refractivity contribution >= 4 is 35.4 Å². The Labute approximate surface area is 241 Å². The van der Waals surface area contributed by atoms with Gasteiger partial charge < -0.3 is 19.5 Å². The maximum atomic E-state index is 15.4. The van der Waals surface area contributed by atoms with Gasteiger partial charge in [-0.2, -0.15) is 13.2 Å². The summed E-state index contributed by atoms with van der Waals surface area (Å²) < 4.78 is 63.0. The molecule has 224 valence electrons. The Morgan fingerprint density at radius 2 is 1.90 bits per heavy atom. The van der Waals surface area contributed by atoms with Crippen LogP contribution >= 0.6 is 11.6 Å². The summed E-state index contributed by atoms with van der Waals surface area (Å²) in [4.78, 5) is 54.3. The second kappa shape index (κ2) is 10.5. The first-order valence-electron chi connectivity index (χ1n) is 13.7. The van der Waals surface area contributed by atoms with Crippen LogP contribution in [0.1, 0.15) is 83.3 Å². The van der Waals surface area contributed by atoms with E-state index in [1.807, 2.05) is 0 Å². The maximum absolute atomic E-state index is 15.4. The number of nitrogens with zero attached hydrogens (tertiary/aromatic N) is 3. The first-order valence-corrected chi connectivity index (χ1v) is 14.1. The van der Waals surface area contributed by atoms with Crippen molar-refractivity contribution in [1.29, 1.82) is 0 Å². The summed E-state index contributed by atoms with van der Waals surface area (Å²) in [5.41, 5.74) is 0.889. The predicted molar refractivity (Wildman–Crippen MR) is 137 cm³/mol. The molecule has 1 saturated carbocycles.